The molecule has 0 radical (unpaired) electrons. The van der Waals surface area contributed by atoms with Crippen molar-refractivity contribution >= 4 is 11.8 Å². The van der Waals surface area contributed by atoms with Crippen molar-refractivity contribution in [3.63, 3.8) is 0 Å². The van der Waals surface area contributed by atoms with Gasteiger partial charge in [0.15, 0.2) is 0 Å². The standard InChI is InChI=1S/C10H14N2O2/c1-11-6-2-3-8(11)7-12-9(13)4-5-10(12)14/h4-5,8H,2-3,6-7H2,1H3. The molecule has 1 saturated heterocycles. The summed E-state index contributed by atoms with van der Waals surface area (Å²) >= 11 is 0. The summed E-state index contributed by atoms with van der Waals surface area (Å²) in [6, 6.07) is 0.350. The molecule has 1 atom stereocenters. The molecule has 0 aromatic rings. The molecule has 1 fully saturated rings. The fraction of sp³-hybridized carbons (Fsp3) is 0.600. The van der Waals surface area contributed by atoms with Gasteiger partial charge in [0.05, 0.1) is 0 Å². The molecule has 14 heavy (non-hydrogen) atoms. The van der Waals surface area contributed by atoms with E-state index >= 15 is 0 Å². The lowest BCUT2D eigenvalue weighted by Gasteiger charge is -2.24. The van der Waals surface area contributed by atoms with E-state index in [2.05, 4.69) is 4.90 Å². The molecule has 0 N–H and O–H groups in total. The summed E-state index contributed by atoms with van der Waals surface area (Å²) in [5.41, 5.74) is 0. The van der Waals surface area contributed by atoms with E-state index in [1.54, 1.807) is 0 Å². The maximum atomic E-state index is 11.3. The Bertz CT molecular complexity index is 280. The molecule has 2 heterocycles. The molecule has 2 rings (SSSR count). The number of amides is 2. The number of imide groups is 1. The Balaban J connectivity index is 1.97. The molecule has 2 amide bonds. The van der Waals surface area contributed by atoms with Gasteiger partial charge >= 0.3 is 0 Å². The largest absolute Gasteiger partial charge is 0.302 e. The number of rotatable bonds is 2. The normalized spacial score (nSPS) is 28.1. The van der Waals surface area contributed by atoms with Crippen molar-refractivity contribution in [2.24, 2.45) is 0 Å². The average Bonchev–Trinajstić information content (AvgIpc) is 2.67. The van der Waals surface area contributed by atoms with Gasteiger partial charge in [0.2, 0.25) is 0 Å². The van der Waals surface area contributed by atoms with E-state index in [1.165, 1.54) is 17.1 Å². The minimum atomic E-state index is -0.171. The number of carbonyl (C=O) groups is 2. The molecule has 4 heteroatoms. The van der Waals surface area contributed by atoms with Crippen LogP contribution in [0.15, 0.2) is 12.2 Å². The van der Waals surface area contributed by atoms with E-state index in [1.807, 2.05) is 7.05 Å². The molecule has 2 aliphatic heterocycles. The van der Waals surface area contributed by atoms with Crippen molar-refractivity contribution in [2.75, 3.05) is 20.1 Å². The molecule has 4 nitrogen and oxygen atoms in total. The highest BCUT2D eigenvalue weighted by Crippen LogP contribution is 2.17. The Morgan fingerprint density at radius 1 is 1.36 bits per heavy atom. The summed E-state index contributed by atoms with van der Waals surface area (Å²) in [6.45, 7) is 1.61. The van der Waals surface area contributed by atoms with Crippen LogP contribution < -0.4 is 0 Å². The number of likely N-dealkylation sites (tertiary alicyclic amines) is 1. The maximum Gasteiger partial charge on any atom is 0.253 e. The van der Waals surface area contributed by atoms with Crippen LogP contribution in [0.2, 0.25) is 0 Å². The van der Waals surface area contributed by atoms with Crippen LogP contribution in [0.25, 0.3) is 0 Å². The predicted octanol–water partition coefficient (Wildman–Crippen LogP) is 0.00560. The zero-order valence-corrected chi connectivity index (χ0v) is 8.27. The second kappa shape index (κ2) is 3.53. The Morgan fingerprint density at radius 2 is 2.00 bits per heavy atom. The van der Waals surface area contributed by atoms with Gasteiger partial charge in [-0.3, -0.25) is 14.5 Å². The minimum Gasteiger partial charge on any atom is -0.302 e. The van der Waals surface area contributed by atoms with Gasteiger partial charge in [-0.15, -0.1) is 0 Å². The topological polar surface area (TPSA) is 40.6 Å². The Labute approximate surface area is 83.2 Å². The van der Waals surface area contributed by atoms with E-state index in [-0.39, 0.29) is 11.8 Å². The summed E-state index contributed by atoms with van der Waals surface area (Å²) in [6.07, 6.45) is 4.92. The molecule has 76 valence electrons. The van der Waals surface area contributed by atoms with Crippen molar-refractivity contribution in [2.45, 2.75) is 18.9 Å². The number of hydrogen-bond donors (Lipinski definition) is 0. The van der Waals surface area contributed by atoms with Gasteiger partial charge in [-0.25, -0.2) is 0 Å². The smallest absolute Gasteiger partial charge is 0.253 e. The van der Waals surface area contributed by atoms with Gasteiger partial charge in [0, 0.05) is 24.7 Å². The third-order valence-electron chi connectivity index (χ3n) is 2.97. The second-order valence-corrected chi connectivity index (χ2v) is 3.90. The predicted molar refractivity (Wildman–Crippen MR) is 51.5 cm³/mol. The van der Waals surface area contributed by atoms with Crippen molar-refractivity contribution < 1.29 is 9.59 Å². The van der Waals surface area contributed by atoms with E-state index in [4.69, 9.17) is 0 Å². The molecular weight excluding hydrogens is 180 g/mol. The van der Waals surface area contributed by atoms with E-state index in [0.29, 0.717) is 12.6 Å². The SMILES string of the molecule is CN1CCCC1CN1C(=O)C=CC1=O. The number of hydrogen-bond acceptors (Lipinski definition) is 3. The highest BCUT2D eigenvalue weighted by Gasteiger charge is 2.29. The molecule has 1 unspecified atom stereocenters. The van der Waals surface area contributed by atoms with Gasteiger partial charge in [0.25, 0.3) is 11.8 Å². The minimum absolute atomic E-state index is 0.171. The highest BCUT2D eigenvalue weighted by molar-refractivity contribution is 6.12. The van der Waals surface area contributed by atoms with Crippen LogP contribution in [0, 0.1) is 0 Å². The van der Waals surface area contributed by atoms with Gasteiger partial charge in [-0.1, -0.05) is 0 Å². The van der Waals surface area contributed by atoms with Crippen LogP contribution in [0.5, 0.6) is 0 Å². The van der Waals surface area contributed by atoms with E-state index in [9.17, 15) is 9.59 Å². The van der Waals surface area contributed by atoms with Gasteiger partial charge < -0.3 is 4.90 Å². The summed E-state index contributed by atoms with van der Waals surface area (Å²) in [7, 11) is 2.04. The first-order chi connectivity index (χ1) is 6.68. The number of nitrogens with zero attached hydrogens (tertiary/aromatic N) is 2. The lowest BCUT2D eigenvalue weighted by molar-refractivity contribution is -0.137. The third-order valence-corrected chi connectivity index (χ3v) is 2.97. The van der Waals surface area contributed by atoms with Crippen LogP contribution in [-0.2, 0) is 9.59 Å². The first-order valence-corrected chi connectivity index (χ1v) is 4.92. The van der Waals surface area contributed by atoms with Crippen LogP contribution in [0.3, 0.4) is 0 Å². The number of carbonyl (C=O) groups excluding carboxylic acids is 2. The molecule has 0 saturated carbocycles. The van der Waals surface area contributed by atoms with Gasteiger partial charge in [0.1, 0.15) is 0 Å². The molecule has 0 aliphatic carbocycles. The summed E-state index contributed by atoms with van der Waals surface area (Å²) in [5, 5.41) is 0. The fourth-order valence-electron chi connectivity index (χ4n) is 2.03. The monoisotopic (exact) mass is 194 g/mol. The van der Waals surface area contributed by atoms with Gasteiger partial charge in [-0.2, -0.15) is 0 Å². The zero-order valence-electron chi connectivity index (χ0n) is 8.27. The van der Waals surface area contributed by atoms with Crippen molar-refractivity contribution in [1.29, 1.82) is 0 Å². The van der Waals surface area contributed by atoms with Crippen molar-refractivity contribution in [1.82, 2.24) is 9.80 Å². The van der Waals surface area contributed by atoms with Gasteiger partial charge in [-0.05, 0) is 26.4 Å². The summed E-state index contributed by atoms with van der Waals surface area (Å²) in [5.74, 6) is -0.342. The van der Waals surface area contributed by atoms with E-state index < -0.39 is 0 Å². The highest BCUT2D eigenvalue weighted by atomic mass is 16.2. The van der Waals surface area contributed by atoms with Crippen LogP contribution >= 0.6 is 0 Å². The summed E-state index contributed by atoms with van der Waals surface area (Å²) < 4.78 is 0. The van der Waals surface area contributed by atoms with Crippen LogP contribution in [0.1, 0.15) is 12.8 Å². The van der Waals surface area contributed by atoms with Crippen molar-refractivity contribution in [3.05, 3.63) is 12.2 Å². The first kappa shape index (κ1) is 9.40. The third kappa shape index (κ3) is 1.57. The average molecular weight is 194 g/mol. The second-order valence-electron chi connectivity index (χ2n) is 3.90. The van der Waals surface area contributed by atoms with Crippen molar-refractivity contribution in [3.8, 4) is 0 Å². The van der Waals surface area contributed by atoms with E-state index in [0.717, 1.165) is 19.4 Å². The van der Waals surface area contributed by atoms with Crippen LogP contribution in [-0.4, -0.2) is 47.8 Å². The number of likely N-dealkylation sites (N-methyl/N-ethyl adjacent to an activating group) is 1. The fourth-order valence-corrected chi connectivity index (χ4v) is 2.03. The molecule has 0 aromatic heterocycles. The lowest BCUT2D eigenvalue weighted by atomic mass is 10.2. The Morgan fingerprint density at radius 3 is 2.50 bits per heavy atom. The molecule has 0 spiro atoms. The Hall–Kier alpha value is -1.16. The molecule has 2 aliphatic rings. The quantitative estimate of drug-likeness (QED) is 0.581. The molecule has 0 bridgehead atoms. The molecular formula is C10H14N2O2. The van der Waals surface area contributed by atoms with Crippen LogP contribution in [0.4, 0.5) is 0 Å². The molecule has 0 aromatic carbocycles. The maximum absolute atomic E-state index is 11.3. The summed E-state index contributed by atoms with van der Waals surface area (Å²) in [4.78, 5) is 26.1. The Kier molecular flexibility index (Phi) is 2.37. The lowest BCUT2D eigenvalue weighted by Crippen LogP contribution is -2.41. The first-order valence-electron chi connectivity index (χ1n) is 4.92. The zero-order chi connectivity index (χ0) is 10.1.